The smallest absolute Gasteiger partial charge is 0.408 e. The van der Waals surface area contributed by atoms with Gasteiger partial charge in [0.25, 0.3) is 0 Å². The zero-order valence-electron chi connectivity index (χ0n) is 10.2. The highest BCUT2D eigenvalue weighted by Gasteiger charge is 2.45. The van der Waals surface area contributed by atoms with E-state index in [-0.39, 0.29) is 13.0 Å². The molecule has 1 amide bonds. The number of hydrogen-bond donors (Lipinski definition) is 0. The molecule has 1 aliphatic heterocycles. The molecule has 2 heterocycles. The van der Waals surface area contributed by atoms with Crippen molar-refractivity contribution in [1.29, 1.82) is 0 Å². The predicted octanol–water partition coefficient (Wildman–Crippen LogP) is 3.24. The summed E-state index contributed by atoms with van der Waals surface area (Å²) >= 11 is 0. The molecule has 1 aliphatic rings. The van der Waals surface area contributed by atoms with Crippen molar-refractivity contribution in [2.24, 2.45) is 0 Å². The first-order valence-corrected chi connectivity index (χ1v) is 6.07. The van der Waals surface area contributed by atoms with Gasteiger partial charge in [0.1, 0.15) is 11.8 Å². The Bertz CT molecular complexity index is 451. The summed E-state index contributed by atoms with van der Waals surface area (Å²) in [5.41, 5.74) is 0. The molecular weight excluding hydrogens is 259 g/mol. The molecular formula is C13H14F3NO2. The summed E-state index contributed by atoms with van der Waals surface area (Å²) in [7, 11) is 0. The maximum absolute atomic E-state index is 12.8. The van der Waals surface area contributed by atoms with E-state index in [1.807, 2.05) is 0 Å². The van der Waals surface area contributed by atoms with Gasteiger partial charge in [-0.2, -0.15) is 13.2 Å². The van der Waals surface area contributed by atoms with Crippen LogP contribution in [-0.4, -0.2) is 29.6 Å². The van der Waals surface area contributed by atoms with E-state index >= 15 is 0 Å². The number of alkyl halides is 3. The van der Waals surface area contributed by atoms with Crippen molar-refractivity contribution in [3.63, 3.8) is 0 Å². The standard InChI is InChI=1S/C13H14F3NO2/c14-13(15,16)11-5-1-2-8-17(11)12(18)7-6-10-4-3-9-19-10/h3-4,6-7,9,11H,1-2,5,8H2. The van der Waals surface area contributed by atoms with E-state index in [1.54, 1.807) is 12.1 Å². The van der Waals surface area contributed by atoms with Gasteiger partial charge < -0.3 is 9.32 Å². The maximum atomic E-state index is 12.8. The van der Waals surface area contributed by atoms with Gasteiger partial charge in [0.2, 0.25) is 5.91 Å². The Hall–Kier alpha value is -1.72. The Morgan fingerprint density at radius 1 is 1.42 bits per heavy atom. The van der Waals surface area contributed by atoms with Gasteiger partial charge in [0.05, 0.1) is 6.26 Å². The van der Waals surface area contributed by atoms with Crippen LogP contribution < -0.4 is 0 Å². The first-order valence-electron chi connectivity index (χ1n) is 6.07. The summed E-state index contributed by atoms with van der Waals surface area (Å²) in [6.07, 6.45) is 0.651. The van der Waals surface area contributed by atoms with Crippen molar-refractivity contribution in [1.82, 2.24) is 4.90 Å². The van der Waals surface area contributed by atoms with E-state index in [0.29, 0.717) is 18.6 Å². The van der Waals surface area contributed by atoms with Crippen molar-refractivity contribution in [3.8, 4) is 0 Å². The van der Waals surface area contributed by atoms with E-state index in [4.69, 9.17) is 4.42 Å². The van der Waals surface area contributed by atoms with Crippen molar-refractivity contribution < 1.29 is 22.4 Å². The van der Waals surface area contributed by atoms with Gasteiger partial charge in [-0.1, -0.05) is 0 Å². The predicted molar refractivity (Wildman–Crippen MR) is 63.1 cm³/mol. The second-order valence-electron chi connectivity index (χ2n) is 4.43. The van der Waals surface area contributed by atoms with E-state index in [2.05, 4.69) is 0 Å². The van der Waals surface area contributed by atoms with E-state index in [0.717, 1.165) is 11.0 Å². The fourth-order valence-electron chi connectivity index (χ4n) is 2.17. The number of rotatable bonds is 2. The number of furan rings is 1. The summed E-state index contributed by atoms with van der Waals surface area (Å²) in [6.45, 7) is 0.144. The molecule has 6 heteroatoms. The van der Waals surface area contributed by atoms with Crippen molar-refractivity contribution in [2.75, 3.05) is 6.54 Å². The molecule has 1 saturated heterocycles. The number of piperidine rings is 1. The second-order valence-corrected chi connectivity index (χ2v) is 4.43. The summed E-state index contributed by atoms with van der Waals surface area (Å²) in [6, 6.07) is 1.60. The molecule has 0 spiro atoms. The number of carbonyl (C=O) groups is 1. The molecule has 0 radical (unpaired) electrons. The van der Waals surface area contributed by atoms with Crippen LogP contribution >= 0.6 is 0 Å². The molecule has 3 nitrogen and oxygen atoms in total. The molecule has 1 atom stereocenters. The average molecular weight is 273 g/mol. The van der Waals surface area contributed by atoms with Gasteiger partial charge in [0.15, 0.2) is 0 Å². The van der Waals surface area contributed by atoms with Crippen LogP contribution in [0.5, 0.6) is 0 Å². The second kappa shape index (κ2) is 5.50. The molecule has 0 saturated carbocycles. The summed E-state index contributed by atoms with van der Waals surface area (Å²) < 4.78 is 43.5. The van der Waals surface area contributed by atoms with Crippen LogP contribution in [0.1, 0.15) is 25.0 Å². The Kier molecular flexibility index (Phi) is 3.97. The van der Waals surface area contributed by atoms with Crippen LogP contribution in [-0.2, 0) is 4.79 Å². The van der Waals surface area contributed by atoms with Crippen LogP contribution in [0.4, 0.5) is 13.2 Å². The third kappa shape index (κ3) is 3.39. The van der Waals surface area contributed by atoms with Gasteiger partial charge in [-0.3, -0.25) is 4.79 Å². The molecule has 0 aromatic carbocycles. The van der Waals surface area contributed by atoms with Crippen LogP contribution in [0.3, 0.4) is 0 Å². The highest BCUT2D eigenvalue weighted by atomic mass is 19.4. The van der Waals surface area contributed by atoms with Crippen molar-refractivity contribution in [2.45, 2.75) is 31.5 Å². The number of nitrogens with zero attached hydrogens (tertiary/aromatic N) is 1. The Labute approximate surface area is 108 Å². The zero-order valence-corrected chi connectivity index (χ0v) is 10.2. The molecule has 1 unspecified atom stereocenters. The zero-order chi connectivity index (χ0) is 13.9. The quantitative estimate of drug-likeness (QED) is 0.775. The van der Waals surface area contributed by atoms with Gasteiger partial charge in [0, 0.05) is 12.6 Å². The topological polar surface area (TPSA) is 33.5 Å². The first-order chi connectivity index (χ1) is 8.98. The lowest BCUT2D eigenvalue weighted by Gasteiger charge is -2.36. The fourth-order valence-corrected chi connectivity index (χ4v) is 2.17. The third-order valence-electron chi connectivity index (χ3n) is 3.10. The lowest BCUT2D eigenvalue weighted by molar-refractivity contribution is -0.193. The number of amides is 1. The minimum atomic E-state index is -4.37. The lowest BCUT2D eigenvalue weighted by atomic mass is 10.0. The highest BCUT2D eigenvalue weighted by Crippen LogP contribution is 2.31. The molecule has 1 aromatic rings. The van der Waals surface area contributed by atoms with Crippen molar-refractivity contribution >= 4 is 12.0 Å². The van der Waals surface area contributed by atoms with Gasteiger partial charge in [-0.25, -0.2) is 0 Å². The minimum Gasteiger partial charge on any atom is -0.465 e. The van der Waals surface area contributed by atoms with Crippen LogP contribution in [0, 0.1) is 0 Å². The molecule has 104 valence electrons. The Morgan fingerprint density at radius 3 is 2.84 bits per heavy atom. The average Bonchev–Trinajstić information content (AvgIpc) is 2.88. The summed E-state index contributed by atoms with van der Waals surface area (Å²) in [5, 5.41) is 0. The van der Waals surface area contributed by atoms with Gasteiger partial charge >= 0.3 is 6.18 Å². The number of likely N-dealkylation sites (tertiary alicyclic amines) is 1. The Morgan fingerprint density at radius 2 is 2.21 bits per heavy atom. The monoisotopic (exact) mass is 273 g/mol. The van der Waals surface area contributed by atoms with Crippen molar-refractivity contribution in [3.05, 3.63) is 30.2 Å². The Balaban J connectivity index is 2.07. The van der Waals surface area contributed by atoms with E-state index in [1.165, 1.54) is 12.3 Å². The number of hydrogen-bond acceptors (Lipinski definition) is 2. The molecule has 19 heavy (non-hydrogen) atoms. The molecule has 1 aromatic heterocycles. The van der Waals surface area contributed by atoms with Gasteiger partial charge in [-0.15, -0.1) is 0 Å². The fraction of sp³-hybridized carbons (Fsp3) is 0.462. The van der Waals surface area contributed by atoms with Crippen LogP contribution in [0.15, 0.2) is 28.9 Å². The lowest BCUT2D eigenvalue weighted by Crippen LogP contribution is -2.50. The largest absolute Gasteiger partial charge is 0.465 e. The molecule has 0 N–H and O–H groups in total. The minimum absolute atomic E-state index is 0.0240. The highest BCUT2D eigenvalue weighted by molar-refractivity contribution is 5.91. The molecule has 2 rings (SSSR count). The third-order valence-corrected chi connectivity index (χ3v) is 3.10. The maximum Gasteiger partial charge on any atom is 0.408 e. The summed E-state index contributed by atoms with van der Waals surface area (Å²) in [4.78, 5) is 12.7. The molecule has 0 aliphatic carbocycles. The number of carbonyl (C=O) groups excluding carboxylic acids is 1. The molecule has 1 fully saturated rings. The SMILES string of the molecule is O=C(C=Cc1ccco1)N1CCCCC1C(F)(F)F. The van der Waals surface area contributed by atoms with Gasteiger partial charge in [-0.05, 0) is 37.5 Å². The van der Waals surface area contributed by atoms with E-state index < -0.39 is 18.1 Å². The van der Waals surface area contributed by atoms with E-state index in [9.17, 15) is 18.0 Å². The van der Waals surface area contributed by atoms with Crippen LogP contribution in [0.25, 0.3) is 6.08 Å². The number of halogens is 3. The van der Waals surface area contributed by atoms with Crippen LogP contribution in [0.2, 0.25) is 0 Å². The summed E-state index contributed by atoms with van der Waals surface area (Å²) in [5.74, 6) is -0.188. The molecule has 0 bridgehead atoms. The normalized spacial score (nSPS) is 21.0. The first kappa shape index (κ1) is 13.7.